The topological polar surface area (TPSA) is 37.8 Å². The van der Waals surface area contributed by atoms with E-state index >= 15 is 0 Å². The van der Waals surface area contributed by atoms with E-state index in [0.29, 0.717) is 0 Å². The molecule has 1 N–H and O–H groups in total. The van der Waals surface area contributed by atoms with Crippen molar-refractivity contribution in [2.75, 3.05) is 0 Å². The molecule has 2 heterocycles. The second kappa shape index (κ2) is 2.88. The summed E-state index contributed by atoms with van der Waals surface area (Å²) in [5, 5.41) is 4.95. The van der Waals surface area contributed by atoms with E-state index in [-0.39, 0.29) is 5.56 Å². The summed E-state index contributed by atoms with van der Waals surface area (Å²) in [4.78, 5) is 12.7. The normalized spacial score (nSPS) is 10.6. The molecule has 0 aliphatic rings. The fraction of sp³-hybridized carbons (Fsp3) is 0.222. The summed E-state index contributed by atoms with van der Waals surface area (Å²) in [6.45, 7) is 1.91. The smallest absolute Gasteiger partial charge is 0.275 e. The molecule has 0 bridgehead atoms. The molecule has 0 aromatic carbocycles. The molecule has 0 saturated heterocycles. The van der Waals surface area contributed by atoms with E-state index < -0.39 is 0 Å². The first-order valence-corrected chi connectivity index (χ1v) is 4.87. The molecule has 2 rings (SSSR count). The molecule has 13 heavy (non-hydrogen) atoms. The van der Waals surface area contributed by atoms with E-state index in [1.165, 1.54) is 4.68 Å². The van der Waals surface area contributed by atoms with Gasteiger partial charge in [-0.2, -0.15) is 0 Å². The molecular weight excluding hydrogens is 184 g/mol. The predicted octanol–water partition coefficient (Wildman–Crippen LogP) is 1.75. The van der Waals surface area contributed by atoms with Gasteiger partial charge in [-0.15, -0.1) is 11.3 Å². The number of aryl methyl sites for hydroxylation is 2. The fourth-order valence-electron chi connectivity index (χ4n) is 1.40. The Morgan fingerprint density at radius 3 is 2.77 bits per heavy atom. The van der Waals surface area contributed by atoms with E-state index in [1.54, 1.807) is 18.4 Å². The lowest BCUT2D eigenvalue weighted by Gasteiger charge is -1.89. The van der Waals surface area contributed by atoms with Crippen molar-refractivity contribution in [3.63, 3.8) is 0 Å². The van der Waals surface area contributed by atoms with Crippen molar-refractivity contribution in [1.29, 1.82) is 0 Å². The van der Waals surface area contributed by atoms with Crippen molar-refractivity contribution in [3.05, 3.63) is 33.6 Å². The summed E-state index contributed by atoms with van der Waals surface area (Å²) in [5.74, 6) is 0. The van der Waals surface area contributed by atoms with Gasteiger partial charge in [-0.05, 0) is 18.4 Å². The molecule has 68 valence electrons. The Balaban J connectivity index is 2.71. The van der Waals surface area contributed by atoms with Gasteiger partial charge in [0.1, 0.15) is 0 Å². The molecule has 4 heteroatoms. The third-order valence-corrected chi connectivity index (χ3v) is 2.88. The molecule has 0 spiro atoms. The van der Waals surface area contributed by atoms with E-state index in [1.807, 2.05) is 24.4 Å². The molecule has 0 amide bonds. The van der Waals surface area contributed by atoms with Gasteiger partial charge in [0.05, 0.1) is 5.56 Å². The fourth-order valence-corrected chi connectivity index (χ4v) is 2.22. The molecule has 0 aliphatic carbocycles. The molecule has 0 unspecified atom stereocenters. The number of aromatic amines is 1. The van der Waals surface area contributed by atoms with Gasteiger partial charge in [0.25, 0.3) is 5.56 Å². The molecule has 0 aliphatic heterocycles. The lowest BCUT2D eigenvalue weighted by Crippen LogP contribution is -2.12. The third-order valence-electron chi connectivity index (χ3n) is 2.00. The number of rotatable bonds is 1. The second-order valence-electron chi connectivity index (χ2n) is 2.95. The maximum Gasteiger partial charge on any atom is 0.275 e. The van der Waals surface area contributed by atoms with Crippen LogP contribution in [0.25, 0.3) is 10.4 Å². The van der Waals surface area contributed by atoms with Crippen molar-refractivity contribution in [1.82, 2.24) is 9.78 Å². The highest BCUT2D eigenvalue weighted by molar-refractivity contribution is 7.13. The van der Waals surface area contributed by atoms with Crippen LogP contribution in [0.1, 0.15) is 5.69 Å². The van der Waals surface area contributed by atoms with Crippen molar-refractivity contribution in [2.24, 2.45) is 7.05 Å². The molecule has 2 aromatic heterocycles. The molecule has 0 radical (unpaired) electrons. The van der Waals surface area contributed by atoms with Gasteiger partial charge in [0, 0.05) is 17.6 Å². The van der Waals surface area contributed by atoms with Crippen molar-refractivity contribution in [2.45, 2.75) is 6.92 Å². The standard InChI is InChI=1S/C9H10N2OS/c1-6-8(7-4-3-5-13-7)9(12)11(2)10-6/h3-5,10H,1-2H3. The van der Waals surface area contributed by atoms with Crippen molar-refractivity contribution >= 4 is 11.3 Å². The van der Waals surface area contributed by atoms with E-state index in [2.05, 4.69) is 5.10 Å². The van der Waals surface area contributed by atoms with Crippen LogP contribution in [0, 0.1) is 6.92 Å². The van der Waals surface area contributed by atoms with E-state index in [0.717, 1.165) is 16.1 Å². The Hall–Kier alpha value is -1.29. The average Bonchev–Trinajstić information content (AvgIpc) is 2.63. The van der Waals surface area contributed by atoms with Gasteiger partial charge in [0.2, 0.25) is 0 Å². The molecule has 0 atom stereocenters. The molecule has 0 saturated carbocycles. The van der Waals surface area contributed by atoms with Gasteiger partial charge in [-0.25, -0.2) is 0 Å². The molecule has 2 aromatic rings. The summed E-state index contributed by atoms with van der Waals surface area (Å²) >= 11 is 1.58. The first-order chi connectivity index (χ1) is 6.20. The Morgan fingerprint density at radius 2 is 2.31 bits per heavy atom. The van der Waals surface area contributed by atoms with Gasteiger partial charge in [0.15, 0.2) is 0 Å². The van der Waals surface area contributed by atoms with Crippen LogP contribution < -0.4 is 5.56 Å². The zero-order chi connectivity index (χ0) is 9.42. The van der Waals surface area contributed by atoms with Crippen molar-refractivity contribution in [3.8, 4) is 10.4 Å². The van der Waals surface area contributed by atoms with Crippen LogP contribution in [0.3, 0.4) is 0 Å². The summed E-state index contributed by atoms with van der Waals surface area (Å²) in [6, 6.07) is 3.91. The Labute approximate surface area is 79.6 Å². The highest BCUT2D eigenvalue weighted by Gasteiger charge is 2.11. The van der Waals surface area contributed by atoms with Gasteiger partial charge < -0.3 is 0 Å². The van der Waals surface area contributed by atoms with Gasteiger partial charge in [-0.3, -0.25) is 14.6 Å². The third kappa shape index (κ3) is 1.23. The van der Waals surface area contributed by atoms with E-state index in [4.69, 9.17) is 0 Å². The van der Waals surface area contributed by atoms with Crippen LogP contribution in [0.4, 0.5) is 0 Å². The van der Waals surface area contributed by atoms with Gasteiger partial charge >= 0.3 is 0 Å². The summed E-state index contributed by atoms with van der Waals surface area (Å²) in [5.41, 5.74) is 1.76. The summed E-state index contributed by atoms with van der Waals surface area (Å²) in [6.07, 6.45) is 0. The number of nitrogens with one attached hydrogen (secondary N) is 1. The lowest BCUT2D eigenvalue weighted by molar-refractivity contribution is 0.731. The number of H-pyrrole nitrogens is 1. The largest absolute Gasteiger partial charge is 0.300 e. The minimum atomic E-state index is 0.0416. The Kier molecular flexibility index (Phi) is 1.84. The lowest BCUT2D eigenvalue weighted by atomic mass is 10.2. The Morgan fingerprint density at radius 1 is 1.54 bits per heavy atom. The monoisotopic (exact) mass is 194 g/mol. The number of aromatic nitrogens is 2. The molecule has 3 nitrogen and oxygen atoms in total. The molecular formula is C9H10N2OS. The minimum Gasteiger partial charge on any atom is -0.300 e. The average molecular weight is 194 g/mol. The second-order valence-corrected chi connectivity index (χ2v) is 3.90. The maximum atomic E-state index is 11.6. The maximum absolute atomic E-state index is 11.6. The van der Waals surface area contributed by atoms with Crippen LogP contribution in [0.2, 0.25) is 0 Å². The van der Waals surface area contributed by atoms with Gasteiger partial charge in [-0.1, -0.05) is 6.07 Å². The van der Waals surface area contributed by atoms with Crippen LogP contribution >= 0.6 is 11.3 Å². The summed E-state index contributed by atoms with van der Waals surface area (Å²) < 4.78 is 1.50. The first-order valence-electron chi connectivity index (χ1n) is 3.99. The van der Waals surface area contributed by atoms with E-state index in [9.17, 15) is 4.79 Å². The number of thiophene rings is 1. The van der Waals surface area contributed by atoms with Crippen LogP contribution in [-0.4, -0.2) is 9.78 Å². The predicted molar refractivity (Wildman–Crippen MR) is 54.1 cm³/mol. The number of hydrogen-bond donors (Lipinski definition) is 1. The van der Waals surface area contributed by atoms with Crippen LogP contribution in [-0.2, 0) is 7.05 Å². The minimum absolute atomic E-state index is 0.0416. The Bertz CT molecular complexity index is 464. The highest BCUT2D eigenvalue weighted by Crippen LogP contribution is 2.23. The highest BCUT2D eigenvalue weighted by atomic mass is 32.1. The van der Waals surface area contributed by atoms with Crippen LogP contribution in [0.5, 0.6) is 0 Å². The van der Waals surface area contributed by atoms with Crippen LogP contribution in [0.15, 0.2) is 22.3 Å². The SMILES string of the molecule is Cc1[nH]n(C)c(=O)c1-c1cccs1. The quantitative estimate of drug-likeness (QED) is 0.738. The number of nitrogens with zero attached hydrogens (tertiary/aromatic N) is 1. The number of hydrogen-bond acceptors (Lipinski definition) is 2. The zero-order valence-corrected chi connectivity index (χ0v) is 8.31. The first kappa shape index (κ1) is 8.31. The van der Waals surface area contributed by atoms with Crippen molar-refractivity contribution < 1.29 is 0 Å². The molecule has 0 fully saturated rings. The zero-order valence-electron chi connectivity index (χ0n) is 7.50. The summed E-state index contributed by atoms with van der Waals surface area (Å²) in [7, 11) is 1.73.